The number of unbranched alkanes of at least 4 members (excludes halogenated alkanes) is 2. The van der Waals surface area contributed by atoms with E-state index in [2.05, 4.69) is 0 Å². The van der Waals surface area contributed by atoms with Gasteiger partial charge in [-0.1, -0.05) is 19.8 Å². The molecule has 6 heteroatoms. The lowest BCUT2D eigenvalue weighted by atomic mass is 10.1. The van der Waals surface area contributed by atoms with Crippen molar-refractivity contribution in [1.29, 1.82) is 0 Å². The fraction of sp³-hybridized carbons (Fsp3) is 0.636. The molecule has 17 heavy (non-hydrogen) atoms. The van der Waals surface area contributed by atoms with Gasteiger partial charge < -0.3 is 0 Å². The van der Waals surface area contributed by atoms with Crippen LogP contribution in [0.25, 0.3) is 0 Å². The summed E-state index contributed by atoms with van der Waals surface area (Å²) in [5, 5.41) is 21.2. The molecule has 0 aromatic heterocycles. The van der Waals surface area contributed by atoms with Crippen LogP contribution in [0.2, 0.25) is 0 Å². The third-order valence-electron chi connectivity index (χ3n) is 2.39. The zero-order valence-corrected chi connectivity index (χ0v) is 10.2. The van der Waals surface area contributed by atoms with E-state index in [1.807, 2.05) is 6.92 Å². The van der Waals surface area contributed by atoms with E-state index >= 15 is 0 Å². The number of nitro groups is 2. The maximum atomic E-state index is 10.7. The van der Waals surface area contributed by atoms with Gasteiger partial charge in [-0.15, -0.1) is 0 Å². The molecule has 0 aliphatic rings. The Bertz CT molecular complexity index is 334. The lowest BCUT2D eigenvalue weighted by molar-refractivity contribution is -0.432. The minimum absolute atomic E-state index is 0.00589. The van der Waals surface area contributed by atoms with Crippen LogP contribution in [-0.2, 0) is 0 Å². The molecule has 0 radical (unpaired) electrons. The number of rotatable bonds is 8. The van der Waals surface area contributed by atoms with Crippen LogP contribution in [0.3, 0.4) is 0 Å². The Morgan fingerprint density at radius 1 is 1.12 bits per heavy atom. The first-order chi connectivity index (χ1) is 8.02. The zero-order chi connectivity index (χ0) is 13.3. The fourth-order valence-corrected chi connectivity index (χ4v) is 1.34. The first-order valence-corrected chi connectivity index (χ1v) is 5.65. The summed E-state index contributed by atoms with van der Waals surface area (Å²) in [6, 6.07) is 0. The van der Waals surface area contributed by atoms with E-state index in [1.165, 1.54) is 12.2 Å². The van der Waals surface area contributed by atoms with Gasteiger partial charge in [0.2, 0.25) is 11.4 Å². The standard InChI is InChI=1S/C11H18N2O4/c1-3-5-6-7-11(13(16)17)9-8-10(4-2)12(14)15/h4,9H,3,5-8H2,1-2H3/b10-4+,11-9+. The van der Waals surface area contributed by atoms with Crippen LogP contribution >= 0.6 is 0 Å². The molecular weight excluding hydrogens is 224 g/mol. The Labute approximate surface area is 100 Å². The second-order valence-corrected chi connectivity index (χ2v) is 3.65. The molecule has 96 valence electrons. The second-order valence-electron chi connectivity index (χ2n) is 3.65. The molecule has 0 aliphatic carbocycles. The molecule has 0 spiro atoms. The molecule has 0 saturated carbocycles. The van der Waals surface area contributed by atoms with Gasteiger partial charge in [0.05, 0.1) is 16.3 Å². The largest absolute Gasteiger partial charge is 0.259 e. The van der Waals surface area contributed by atoms with Crippen molar-refractivity contribution in [2.45, 2.75) is 46.0 Å². The summed E-state index contributed by atoms with van der Waals surface area (Å²) < 4.78 is 0. The van der Waals surface area contributed by atoms with E-state index in [1.54, 1.807) is 6.92 Å². The van der Waals surface area contributed by atoms with Gasteiger partial charge in [-0.2, -0.15) is 0 Å². The highest BCUT2D eigenvalue weighted by molar-refractivity contribution is 5.02. The zero-order valence-electron chi connectivity index (χ0n) is 10.2. The quantitative estimate of drug-likeness (QED) is 0.371. The minimum atomic E-state index is -0.514. The number of hydrogen-bond donors (Lipinski definition) is 0. The van der Waals surface area contributed by atoms with Crippen LogP contribution in [-0.4, -0.2) is 9.85 Å². The monoisotopic (exact) mass is 242 g/mol. The SMILES string of the molecule is C/C=C(\C/C=C(\CCCCC)[N+](=O)[O-])[N+](=O)[O-]. The van der Waals surface area contributed by atoms with Gasteiger partial charge in [0, 0.05) is 6.42 Å². The lowest BCUT2D eigenvalue weighted by Gasteiger charge is -1.98. The minimum Gasteiger partial charge on any atom is -0.259 e. The van der Waals surface area contributed by atoms with Crippen molar-refractivity contribution in [1.82, 2.24) is 0 Å². The topological polar surface area (TPSA) is 86.3 Å². The van der Waals surface area contributed by atoms with Crippen LogP contribution in [0.1, 0.15) is 46.0 Å². The summed E-state index contributed by atoms with van der Waals surface area (Å²) in [5.74, 6) is 0. The van der Waals surface area contributed by atoms with Gasteiger partial charge in [0.15, 0.2) is 0 Å². The Kier molecular flexibility index (Phi) is 7.58. The van der Waals surface area contributed by atoms with E-state index in [9.17, 15) is 20.2 Å². The number of allylic oxidation sites excluding steroid dienone is 3. The molecule has 0 unspecified atom stereocenters. The van der Waals surface area contributed by atoms with Crippen molar-refractivity contribution in [3.05, 3.63) is 43.8 Å². The first-order valence-electron chi connectivity index (χ1n) is 5.65. The molecule has 0 aliphatic heterocycles. The van der Waals surface area contributed by atoms with Crippen molar-refractivity contribution in [2.24, 2.45) is 0 Å². The molecule has 0 rings (SSSR count). The van der Waals surface area contributed by atoms with Gasteiger partial charge in [-0.25, -0.2) is 0 Å². The lowest BCUT2D eigenvalue weighted by Crippen LogP contribution is -2.02. The van der Waals surface area contributed by atoms with Gasteiger partial charge in [-0.05, 0) is 25.5 Å². The van der Waals surface area contributed by atoms with Crippen LogP contribution in [0.4, 0.5) is 0 Å². The summed E-state index contributed by atoms with van der Waals surface area (Å²) >= 11 is 0. The average Bonchev–Trinajstić information content (AvgIpc) is 2.26. The van der Waals surface area contributed by atoms with E-state index in [-0.39, 0.29) is 17.8 Å². The highest BCUT2D eigenvalue weighted by atomic mass is 16.6. The highest BCUT2D eigenvalue weighted by Crippen LogP contribution is 2.13. The third kappa shape index (κ3) is 6.44. The maximum Gasteiger partial charge on any atom is 0.246 e. The molecule has 0 bridgehead atoms. The summed E-state index contributed by atoms with van der Waals surface area (Å²) in [4.78, 5) is 20.3. The van der Waals surface area contributed by atoms with Crippen molar-refractivity contribution >= 4 is 0 Å². The molecule has 0 saturated heterocycles. The third-order valence-corrected chi connectivity index (χ3v) is 2.39. The Hall–Kier alpha value is -1.72. The molecular formula is C11H18N2O4. The molecule has 0 amide bonds. The summed E-state index contributed by atoms with van der Waals surface area (Å²) in [6.07, 6.45) is 5.74. The average molecular weight is 242 g/mol. The summed E-state index contributed by atoms with van der Waals surface area (Å²) in [5.41, 5.74) is 0.0551. The normalized spacial score (nSPS) is 12.6. The van der Waals surface area contributed by atoms with Crippen molar-refractivity contribution in [3.8, 4) is 0 Å². The van der Waals surface area contributed by atoms with Crippen LogP contribution in [0, 0.1) is 20.2 Å². The predicted octanol–water partition coefficient (Wildman–Crippen LogP) is 3.30. The molecule has 0 fully saturated rings. The summed E-state index contributed by atoms with van der Waals surface area (Å²) in [6.45, 7) is 3.56. The molecule has 0 heterocycles. The van der Waals surface area contributed by atoms with Gasteiger partial charge >= 0.3 is 0 Å². The fourth-order valence-electron chi connectivity index (χ4n) is 1.34. The van der Waals surface area contributed by atoms with Crippen LogP contribution in [0.5, 0.6) is 0 Å². The number of nitrogens with zero attached hydrogens (tertiary/aromatic N) is 2. The Morgan fingerprint density at radius 2 is 1.71 bits per heavy atom. The van der Waals surface area contributed by atoms with Crippen LogP contribution in [0.15, 0.2) is 23.5 Å². The van der Waals surface area contributed by atoms with Crippen molar-refractivity contribution < 1.29 is 9.85 Å². The number of hydrogen-bond acceptors (Lipinski definition) is 4. The molecule has 0 N–H and O–H groups in total. The predicted molar refractivity (Wildman–Crippen MR) is 64.6 cm³/mol. The second kappa shape index (κ2) is 8.43. The molecule has 6 nitrogen and oxygen atoms in total. The Morgan fingerprint density at radius 3 is 2.12 bits per heavy atom. The highest BCUT2D eigenvalue weighted by Gasteiger charge is 2.13. The maximum absolute atomic E-state index is 10.7. The molecule has 0 aromatic rings. The molecule has 0 atom stereocenters. The van der Waals surface area contributed by atoms with Gasteiger partial charge in [0.25, 0.3) is 0 Å². The van der Waals surface area contributed by atoms with Crippen LogP contribution < -0.4 is 0 Å². The van der Waals surface area contributed by atoms with Gasteiger partial charge in [0.1, 0.15) is 0 Å². The van der Waals surface area contributed by atoms with Gasteiger partial charge in [-0.3, -0.25) is 20.2 Å². The van der Waals surface area contributed by atoms with Crippen molar-refractivity contribution in [2.75, 3.05) is 0 Å². The smallest absolute Gasteiger partial charge is 0.246 e. The first kappa shape index (κ1) is 15.3. The summed E-state index contributed by atoms with van der Waals surface area (Å²) in [7, 11) is 0. The van der Waals surface area contributed by atoms with E-state index in [0.29, 0.717) is 6.42 Å². The van der Waals surface area contributed by atoms with E-state index < -0.39 is 9.85 Å². The van der Waals surface area contributed by atoms with E-state index in [0.717, 1.165) is 19.3 Å². The van der Waals surface area contributed by atoms with Crippen molar-refractivity contribution in [3.63, 3.8) is 0 Å². The van der Waals surface area contributed by atoms with E-state index in [4.69, 9.17) is 0 Å². The molecule has 0 aromatic carbocycles. The Balaban J connectivity index is 4.49.